The first kappa shape index (κ1) is 18.1. The van der Waals surface area contributed by atoms with Crippen molar-refractivity contribution < 1.29 is 4.39 Å². The molecule has 0 radical (unpaired) electrons. The van der Waals surface area contributed by atoms with Crippen molar-refractivity contribution in [3.8, 4) is 0 Å². The van der Waals surface area contributed by atoms with E-state index in [0.29, 0.717) is 12.0 Å². The lowest BCUT2D eigenvalue weighted by Crippen LogP contribution is -2.44. The third-order valence-electron chi connectivity index (χ3n) is 5.17. The molecule has 1 aromatic heterocycles. The van der Waals surface area contributed by atoms with Gasteiger partial charge in [0.2, 0.25) is 0 Å². The largest absolute Gasteiger partial charge is 0.301 e. The molecule has 25 heavy (non-hydrogen) atoms. The van der Waals surface area contributed by atoms with Crippen LogP contribution in [-0.4, -0.2) is 52.2 Å². The van der Waals surface area contributed by atoms with Crippen LogP contribution in [0, 0.1) is 11.7 Å². The Morgan fingerprint density at radius 1 is 1.20 bits per heavy atom. The monoisotopic (exact) mass is 344 g/mol. The van der Waals surface area contributed by atoms with Crippen LogP contribution in [0.2, 0.25) is 0 Å². The fraction of sp³-hybridized carbons (Fsp3) is 0.550. The molecule has 0 bridgehead atoms. The number of benzene rings is 1. The van der Waals surface area contributed by atoms with Crippen LogP contribution in [0.15, 0.2) is 36.7 Å². The Bertz CT molecular complexity index is 624. The molecule has 1 aliphatic rings. The van der Waals surface area contributed by atoms with Gasteiger partial charge in [0.25, 0.3) is 0 Å². The lowest BCUT2D eigenvalue weighted by molar-refractivity contribution is 0.133. The second kappa shape index (κ2) is 8.59. The predicted octanol–water partition coefficient (Wildman–Crippen LogP) is 3.32. The van der Waals surface area contributed by atoms with Crippen LogP contribution in [0.4, 0.5) is 4.39 Å². The minimum atomic E-state index is -0.162. The molecule has 1 atom stereocenters. The maximum absolute atomic E-state index is 13.2. The normalized spacial score (nSPS) is 20.1. The molecule has 1 aliphatic heterocycles. The lowest BCUT2D eigenvalue weighted by atomic mass is 10.0. The number of halogens is 1. The highest BCUT2D eigenvalue weighted by atomic mass is 19.1. The van der Waals surface area contributed by atoms with Crippen molar-refractivity contribution >= 4 is 0 Å². The molecule has 5 heteroatoms. The average Bonchev–Trinajstić information content (AvgIpc) is 3.03. The maximum Gasteiger partial charge on any atom is 0.123 e. The van der Waals surface area contributed by atoms with Gasteiger partial charge in [0.1, 0.15) is 5.82 Å². The van der Waals surface area contributed by atoms with Gasteiger partial charge in [0.15, 0.2) is 0 Å². The fourth-order valence-electron chi connectivity index (χ4n) is 3.69. The zero-order valence-electron chi connectivity index (χ0n) is 15.3. The summed E-state index contributed by atoms with van der Waals surface area (Å²) >= 11 is 0. The van der Waals surface area contributed by atoms with Crippen LogP contribution < -0.4 is 0 Å². The first-order valence-corrected chi connectivity index (χ1v) is 9.30. The third-order valence-corrected chi connectivity index (χ3v) is 5.17. The van der Waals surface area contributed by atoms with Crippen LogP contribution >= 0.6 is 0 Å². The molecule has 0 unspecified atom stereocenters. The Kier molecular flexibility index (Phi) is 6.21. The topological polar surface area (TPSA) is 35.2 Å². The molecule has 1 saturated heterocycles. The highest BCUT2D eigenvalue weighted by Gasteiger charge is 2.27. The molecule has 3 rings (SSSR count). The number of rotatable bonds is 6. The van der Waals surface area contributed by atoms with E-state index in [9.17, 15) is 4.39 Å². The minimum absolute atomic E-state index is 0.162. The quantitative estimate of drug-likeness (QED) is 0.873. The Labute approximate surface area is 150 Å². The first-order chi connectivity index (χ1) is 12.1. The molecular weight excluding hydrogens is 315 g/mol. The molecule has 0 aliphatic carbocycles. The molecule has 2 aromatic rings. The van der Waals surface area contributed by atoms with Crippen molar-refractivity contribution in [2.45, 2.75) is 39.3 Å². The summed E-state index contributed by atoms with van der Waals surface area (Å²) in [6, 6.07) is 7.48. The molecule has 1 fully saturated rings. The maximum atomic E-state index is 13.2. The summed E-state index contributed by atoms with van der Waals surface area (Å²) in [4.78, 5) is 5.16. The van der Waals surface area contributed by atoms with E-state index in [4.69, 9.17) is 0 Å². The van der Waals surface area contributed by atoms with E-state index in [0.717, 1.165) is 39.1 Å². The van der Waals surface area contributed by atoms with Gasteiger partial charge in [-0.1, -0.05) is 26.0 Å². The number of nitrogens with one attached hydrogen (secondary N) is 1. The molecule has 136 valence electrons. The van der Waals surface area contributed by atoms with E-state index in [1.165, 1.54) is 17.5 Å². The summed E-state index contributed by atoms with van der Waals surface area (Å²) in [5.74, 6) is 0.431. The van der Waals surface area contributed by atoms with Crippen molar-refractivity contribution in [2.24, 2.45) is 5.92 Å². The smallest absolute Gasteiger partial charge is 0.123 e. The Morgan fingerprint density at radius 3 is 2.68 bits per heavy atom. The van der Waals surface area contributed by atoms with Gasteiger partial charge >= 0.3 is 0 Å². The van der Waals surface area contributed by atoms with Crippen molar-refractivity contribution in [3.05, 3.63) is 53.6 Å². The molecule has 1 aromatic carbocycles. The van der Waals surface area contributed by atoms with Gasteiger partial charge in [-0.2, -0.15) is 5.10 Å². The van der Waals surface area contributed by atoms with Crippen molar-refractivity contribution in [1.29, 1.82) is 0 Å². The SMILES string of the molecule is CC(C)[C@@H]1CN(CCc2cn[nH]c2)CCCN1Cc1ccc(F)cc1. The summed E-state index contributed by atoms with van der Waals surface area (Å²) in [6.07, 6.45) is 6.12. The lowest BCUT2D eigenvalue weighted by Gasteiger charge is -2.34. The molecule has 0 amide bonds. The van der Waals surface area contributed by atoms with Gasteiger partial charge in [-0.05, 0) is 48.6 Å². The van der Waals surface area contributed by atoms with Crippen molar-refractivity contribution in [2.75, 3.05) is 26.2 Å². The Balaban J connectivity index is 1.62. The Morgan fingerprint density at radius 2 is 2.00 bits per heavy atom. The van der Waals surface area contributed by atoms with Gasteiger partial charge in [-0.25, -0.2) is 4.39 Å². The van der Waals surface area contributed by atoms with Gasteiger partial charge in [0, 0.05) is 38.4 Å². The summed E-state index contributed by atoms with van der Waals surface area (Å²) in [6.45, 7) is 9.93. The molecule has 2 heterocycles. The zero-order valence-corrected chi connectivity index (χ0v) is 15.3. The second-order valence-electron chi connectivity index (χ2n) is 7.42. The number of hydrogen-bond donors (Lipinski definition) is 1. The Hall–Kier alpha value is -1.72. The molecular formula is C20H29FN4. The summed E-state index contributed by atoms with van der Waals surface area (Å²) < 4.78 is 13.2. The molecule has 1 N–H and O–H groups in total. The van der Waals surface area contributed by atoms with Crippen molar-refractivity contribution in [3.63, 3.8) is 0 Å². The van der Waals surface area contributed by atoms with Crippen LogP contribution in [0.5, 0.6) is 0 Å². The number of aromatic nitrogens is 2. The highest BCUT2D eigenvalue weighted by molar-refractivity contribution is 5.16. The highest BCUT2D eigenvalue weighted by Crippen LogP contribution is 2.20. The van der Waals surface area contributed by atoms with Crippen molar-refractivity contribution in [1.82, 2.24) is 20.0 Å². The van der Waals surface area contributed by atoms with E-state index in [-0.39, 0.29) is 5.82 Å². The van der Waals surface area contributed by atoms with Gasteiger partial charge < -0.3 is 4.90 Å². The van der Waals surface area contributed by atoms with E-state index in [2.05, 4.69) is 33.8 Å². The number of nitrogens with zero attached hydrogens (tertiary/aromatic N) is 3. The number of H-pyrrole nitrogens is 1. The standard InChI is InChI=1S/C20H29FN4/c1-16(2)20-15-24(11-8-18-12-22-23-13-18)9-3-10-25(20)14-17-4-6-19(21)7-5-17/h4-7,12-13,16,20H,3,8-11,14-15H2,1-2H3,(H,22,23)/t20-/m0/s1. The molecule has 4 nitrogen and oxygen atoms in total. The average molecular weight is 344 g/mol. The number of hydrogen-bond acceptors (Lipinski definition) is 3. The van der Waals surface area contributed by atoms with Crippen LogP contribution in [0.25, 0.3) is 0 Å². The minimum Gasteiger partial charge on any atom is -0.301 e. The van der Waals surface area contributed by atoms with Crippen LogP contribution in [0.1, 0.15) is 31.4 Å². The zero-order chi connectivity index (χ0) is 17.6. The van der Waals surface area contributed by atoms with E-state index in [1.54, 1.807) is 12.1 Å². The molecule has 0 spiro atoms. The fourth-order valence-corrected chi connectivity index (χ4v) is 3.69. The second-order valence-corrected chi connectivity index (χ2v) is 7.42. The summed E-state index contributed by atoms with van der Waals surface area (Å²) in [5, 5.41) is 6.93. The predicted molar refractivity (Wildman–Crippen MR) is 98.8 cm³/mol. The summed E-state index contributed by atoms with van der Waals surface area (Å²) in [5.41, 5.74) is 2.47. The number of aromatic amines is 1. The molecule has 0 saturated carbocycles. The van der Waals surface area contributed by atoms with E-state index in [1.807, 2.05) is 24.5 Å². The van der Waals surface area contributed by atoms with Crippen LogP contribution in [-0.2, 0) is 13.0 Å². The summed E-state index contributed by atoms with van der Waals surface area (Å²) in [7, 11) is 0. The van der Waals surface area contributed by atoms with Gasteiger partial charge in [-0.3, -0.25) is 10.00 Å². The first-order valence-electron chi connectivity index (χ1n) is 9.30. The van der Waals surface area contributed by atoms with Crippen LogP contribution in [0.3, 0.4) is 0 Å². The van der Waals surface area contributed by atoms with Gasteiger partial charge in [0.05, 0.1) is 6.20 Å². The van der Waals surface area contributed by atoms with E-state index < -0.39 is 0 Å². The third kappa shape index (κ3) is 5.13. The van der Waals surface area contributed by atoms with Gasteiger partial charge in [-0.15, -0.1) is 0 Å². The van der Waals surface area contributed by atoms with E-state index >= 15 is 0 Å².